The van der Waals surface area contributed by atoms with Crippen molar-refractivity contribution in [2.75, 3.05) is 13.1 Å². The monoisotopic (exact) mass is 372 g/mol. The van der Waals surface area contributed by atoms with E-state index in [1.165, 1.54) is 12.1 Å². The van der Waals surface area contributed by atoms with Crippen molar-refractivity contribution in [3.63, 3.8) is 0 Å². The van der Waals surface area contributed by atoms with Crippen LogP contribution in [-0.2, 0) is 11.3 Å². The zero-order chi connectivity index (χ0) is 17.9. The molecule has 1 atom stereocenters. The van der Waals surface area contributed by atoms with Gasteiger partial charge in [-0.15, -0.1) is 11.3 Å². The van der Waals surface area contributed by atoms with E-state index in [1.807, 2.05) is 17.5 Å². The second-order valence-corrected chi connectivity index (χ2v) is 7.65. The van der Waals surface area contributed by atoms with Crippen LogP contribution in [0.5, 0.6) is 0 Å². The number of aromatic nitrogens is 2. The van der Waals surface area contributed by atoms with Crippen LogP contribution in [0.4, 0.5) is 4.39 Å². The average molecular weight is 372 g/mol. The molecule has 5 nitrogen and oxygen atoms in total. The van der Waals surface area contributed by atoms with Crippen LogP contribution in [0.1, 0.15) is 36.0 Å². The van der Waals surface area contributed by atoms with Crippen LogP contribution in [0.3, 0.4) is 0 Å². The maximum atomic E-state index is 13.4. The molecule has 0 unspecified atom stereocenters. The van der Waals surface area contributed by atoms with Crippen molar-refractivity contribution in [1.29, 1.82) is 0 Å². The molecule has 0 saturated carbocycles. The lowest BCUT2D eigenvalue weighted by Crippen LogP contribution is -2.41. The topological polar surface area (TPSA) is 61.0 Å². The Bertz CT molecular complexity index is 892. The maximum Gasteiger partial charge on any atom is 0.234 e. The van der Waals surface area contributed by atoms with Gasteiger partial charge in [-0.2, -0.15) is 0 Å². The number of carbonyl (C=O) groups is 1. The molecule has 1 aliphatic rings. The van der Waals surface area contributed by atoms with Crippen molar-refractivity contribution in [3.8, 4) is 0 Å². The Morgan fingerprint density at radius 3 is 3.15 bits per heavy atom. The molecule has 0 bridgehead atoms. The van der Waals surface area contributed by atoms with Crippen LogP contribution in [0.15, 0.2) is 35.7 Å². The van der Waals surface area contributed by atoms with Gasteiger partial charge < -0.3 is 10.3 Å². The van der Waals surface area contributed by atoms with E-state index in [9.17, 15) is 9.18 Å². The number of rotatable bonds is 5. The van der Waals surface area contributed by atoms with Gasteiger partial charge >= 0.3 is 0 Å². The third-order valence-corrected chi connectivity index (χ3v) is 5.65. The van der Waals surface area contributed by atoms with Crippen LogP contribution in [0.2, 0.25) is 0 Å². The number of halogens is 1. The van der Waals surface area contributed by atoms with Crippen LogP contribution < -0.4 is 5.32 Å². The summed E-state index contributed by atoms with van der Waals surface area (Å²) in [6.07, 6.45) is 3.12. The SMILES string of the molecule is O=C(CN1CCCC[C@H]1c1nc2ccc(F)cc2[nH]1)NCc1cccs1. The number of likely N-dealkylation sites (tertiary alicyclic amines) is 1. The molecule has 1 aromatic carbocycles. The number of imidazole rings is 1. The Morgan fingerprint density at radius 1 is 1.38 bits per heavy atom. The second-order valence-electron chi connectivity index (χ2n) is 6.62. The lowest BCUT2D eigenvalue weighted by atomic mass is 10.0. The summed E-state index contributed by atoms with van der Waals surface area (Å²) < 4.78 is 13.4. The van der Waals surface area contributed by atoms with Crippen molar-refractivity contribution in [2.45, 2.75) is 31.8 Å². The molecule has 1 fully saturated rings. The number of benzene rings is 1. The van der Waals surface area contributed by atoms with Gasteiger partial charge in [0.1, 0.15) is 11.6 Å². The van der Waals surface area contributed by atoms with Gasteiger partial charge in [-0.1, -0.05) is 12.5 Å². The van der Waals surface area contributed by atoms with E-state index in [4.69, 9.17) is 0 Å². The largest absolute Gasteiger partial charge is 0.350 e. The van der Waals surface area contributed by atoms with Gasteiger partial charge in [0.05, 0.1) is 30.2 Å². The first-order chi connectivity index (χ1) is 12.7. The van der Waals surface area contributed by atoms with E-state index in [1.54, 1.807) is 17.4 Å². The first kappa shape index (κ1) is 17.2. The van der Waals surface area contributed by atoms with Gasteiger partial charge in [0, 0.05) is 4.88 Å². The lowest BCUT2D eigenvalue weighted by molar-refractivity contribution is -0.123. The van der Waals surface area contributed by atoms with E-state index in [0.717, 1.165) is 42.0 Å². The molecule has 1 aliphatic heterocycles. The van der Waals surface area contributed by atoms with Gasteiger partial charge in [0.25, 0.3) is 0 Å². The molecule has 0 aliphatic carbocycles. The fraction of sp³-hybridized carbons (Fsp3) is 0.368. The van der Waals surface area contributed by atoms with E-state index >= 15 is 0 Å². The van der Waals surface area contributed by atoms with Gasteiger partial charge in [0.15, 0.2) is 0 Å². The number of H-pyrrole nitrogens is 1. The number of hydrogen-bond acceptors (Lipinski definition) is 4. The number of aromatic amines is 1. The Labute approximate surface area is 155 Å². The zero-order valence-corrected chi connectivity index (χ0v) is 15.2. The molecule has 0 spiro atoms. The summed E-state index contributed by atoms with van der Waals surface area (Å²) >= 11 is 1.64. The molecule has 2 N–H and O–H groups in total. The molecule has 0 radical (unpaired) electrons. The van der Waals surface area contributed by atoms with Crippen LogP contribution in [-0.4, -0.2) is 33.9 Å². The number of thiophene rings is 1. The number of fused-ring (bicyclic) bond motifs is 1. The highest BCUT2D eigenvalue weighted by molar-refractivity contribution is 7.09. The van der Waals surface area contributed by atoms with E-state index in [2.05, 4.69) is 20.2 Å². The summed E-state index contributed by atoms with van der Waals surface area (Å²) in [6.45, 7) is 1.78. The summed E-state index contributed by atoms with van der Waals surface area (Å²) in [5, 5.41) is 4.99. The molecule has 1 amide bonds. The number of nitrogens with one attached hydrogen (secondary N) is 2. The van der Waals surface area contributed by atoms with Crippen molar-refractivity contribution in [3.05, 3.63) is 52.2 Å². The number of carbonyl (C=O) groups excluding carboxylic acids is 1. The van der Waals surface area contributed by atoms with Gasteiger partial charge in [-0.3, -0.25) is 9.69 Å². The molecule has 3 aromatic rings. The van der Waals surface area contributed by atoms with Crippen molar-refractivity contribution in [2.24, 2.45) is 0 Å². The molecule has 4 rings (SSSR count). The quantitative estimate of drug-likeness (QED) is 0.719. The van der Waals surface area contributed by atoms with Crippen LogP contribution in [0.25, 0.3) is 11.0 Å². The summed E-state index contributed by atoms with van der Waals surface area (Å²) in [5.74, 6) is 0.560. The normalized spacial score (nSPS) is 18.3. The van der Waals surface area contributed by atoms with E-state index in [0.29, 0.717) is 18.6 Å². The average Bonchev–Trinajstić information content (AvgIpc) is 3.29. The van der Waals surface area contributed by atoms with Gasteiger partial charge in [0.2, 0.25) is 5.91 Å². The molecule has 26 heavy (non-hydrogen) atoms. The van der Waals surface area contributed by atoms with E-state index in [-0.39, 0.29) is 17.8 Å². The van der Waals surface area contributed by atoms with Gasteiger partial charge in [-0.05, 0) is 49.0 Å². The lowest BCUT2D eigenvalue weighted by Gasteiger charge is -2.33. The third kappa shape index (κ3) is 3.78. The smallest absolute Gasteiger partial charge is 0.234 e. The molecule has 136 valence electrons. The number of piperidine rings is 1. The van der Waals surface area contributed by atoms with Crippen LogP contribution in [0, 0.1) is 5.82 Å². The highest BCUT2D eigenvalue weighted by Crippen LogP contribution is 2.30. The van der Waals surface area contributed by atoms with Crippen LogP contribution >= 0.6 is 11.3 Å². The summed E-state index contributed by atoms with van der Waals surface area (Å²) in [7, 11) is 0. The minimum absolute atomic E-state index is 0.0208. The predicted molar refractivity (Wildman–Crippen MR) is 100 cm³/mol. The summed E-state index contributed by atoms with van der Waals surface area (Å²) in [4.78, 5) is 23.6. The van der Waals surface area contributed by atoms with Gasteiger partial charge in [-0.25, -0.2) is 9.37 Å². The second kappa shape index (κ2) is 7.55. The zero-order valence-electron chi connectivity index (χ0n) is 14.4. The number of hydrogen-bond donors (Lipinski definition) is 2. The van der Waals surface area contributed by atoms with Crippen molar-refractivity contribution in [1.82, 2.24) is 20.2 Å². The third-order valence-electron chi connectivity index (χ3n) is 4.78. The van der Waals surface area contributed by atoms with Crippen molar-refractivity contribution < 1.29 is 9.18 Å². The fourth-order valence-corrected chi connectivity index (χ4v) is 4.13. The Hall–Kier alpha value is -2.25. The number of nitrogens with zero attached hydrogens (tertiary/aromatic N) is 2. The van der Waals surface area contributed by atoms with Crippen molar-refractivity contribution >= 4 is 28.3 Å². The molecule has 2 aromatic heterocycles. The van der Waals surface area contributed by atoms with E-state index < -0.39 is 0 Å². The first-order valence-electron chi connectivity index (χ1n) is 8.87. The summed E-state index contributed by atoms with van der Waals surface area (Å²) in [6, 6.07) is 8.63. The minimum atomic E-state index is -0.277. The predicted octanol–water partition coefficient (Wildman–Crippen LogP) is 3.61. The highest BCUT2D eigenvalue weighted by Gasteiger charge is 2.28. The minimum Gasteiger partial charge on any atom is -0.350 e. The maximum absolute atomic E-state index is 13.4. The highest BCUT2D eigenvalue weighted by atomic mass is 32.1. The molecule has 3 heterocycles. The molecule has 1 saturated heterocycles. The fourth-order valence-electron chi connectivity index (χ4n) is 3.49. The standard InChI is InChI=1S/C19H21FN4OS/c20-13-6-7-15-16(10-13)23-19(22-15)17-5-1-2-8-24(17)12-18(25)21-11-14-4-3-9-26-14/h3-4,6-7,9-10,17H,1-2,5,8,11-12H2,(H,21,25)(H,22,23)/t17-/m0/s1. The Balaban J connectivity index is 1.45. The first-order valence-corrected chi connectivity index (χ1v) is 9.75. The molecule has 7 heteroatoms. The summed E-state index contributed by atoms with van der Waals surface area (Å²) in [5.41, 5.74) is 1.46. The molecular formula is C19H21FN4OS. The Morgan fingerprint density at radius 2 is 2.31 bits per heavy atom. The molecular weight excluding hydrogens is 351 g/mol. The number of amides is 1. The Kier molecular flexibility index (Phi) is 4.99.